The highest BCUT2D eigenvalue weighted by molar-refractivity contribution is 6.04. The third kappa shape index (κ3) is 3.53. The maximum absolute atomic E-state index is 11.7. The number of nitrogens with one attached hydrogen (secondary N) is 3. The summed E-state index contributed by atoms with van der Waals surface area (Å²) in [6.07, 6.45) is 4.77. The van der Waals surface area contributed by atoms with Crippen LogP contribution in [0.4, 0.5) is 4.79 Å². The Balaban J connectivity index is 1.82. The number of rotatable bonds is 2. The van der Waals surface area contributed by atoms with Crippen molar-refractivity contribution < 1.29 is 9.59 Å². The first-order valence-corrected chi connectivity index (χ1v) is 5.98. The van der Waals surface area contributed by atoms with Crippen molar-refractivity contribution in [3.63, 3.8) is 0 Å². The Hall–Kier alpha value is -1.95. The molecule has 1 aromatic heterocycles. The highest BCUT2D eigenvalue weighted by atomic mass is 16.2. The van der Waals surface area contributed by atoms with Crippen molar-refractivity contribution in [2.45, 2.75) is 18.9 Å². The van der Waals surface area contributed by atoms with Crippen LogP contribution in [0.2, 0.25) is 0 Å². The van der Waals surface area contributed by atoms with Gasteiger partial charge in [-0.1, -0.05) is 0 Å². The number of imide groups is 1. The predicted molar refractivity (Wildman–Crippen MR) is 66.1 cm³/mol. The number of pyridine rings is 1. The molecule has 0 saturated carbocycles. The zero-order chi connectivity index (χ0) is 12.8. The lowest BCUT2D eigenvalue weighted by Gasteiger charge is -2.23. The molecule has 0 unspecified atom stereocenters. The summed E-state index contributed by atoms with van der Waals surface area (Å²) in [7, 11) is 0. The molecule has 6 heteroatoms. The van der Waals surface area contributed by atoms with Crippen LogP contribution in [0.3, 0.4) is 0 Å². The van der Waals surface area contributed by atoms with Gasteiger partial charge in [-0.2, -0.15) is 0 Å². The van der Waals surface area contributed by atoms with Crippen molar-refractivity contribution in [1.29, 1.82) is 0 Å². The predicted octanol–water partition coefficient (Wildman–Crippen LogP) is 0.273. The molecular formula is C12H16N4O2. The molecule has 2 rings (SSSR count). The molecule has 6 nitrogen and oxygen atoms in total. The van der Waals surface area contributed by atoms with Gasteiger partial charge < -0.3 is 10.6 Å². The maximum Gasteiger partial charge on any atom is 0.321 e. The van der Waals surface area contributed by atoms with E-state index in [4.69, 9.17) is 0 Å². The molecule has 3 N–H and O–H groups in total. The minimum absolute atomic E-state index is 0.132. The summed E-state index contributed by atoms with van der Waals surface area (Å²) < 4.78 is 0. The monoisotopic (exact) mass is 248 g/mol. The minimum Gasteiger partial charge on any atom is -0.335 e. The van der Waals surface area contributed by atoms with E-state index in [2.05, 4.69) is 20.9 Å². The van der Waals surface area contributed by atoms with Crippen LogP contribution in [0.1, 0.15) is 23.2 Å². The second kappa shape index (κ2) is 6.11. The average molecular weight is 248 g/mol. The zero-order valence-electron chi connectivity index (χ0n) is 9.98. The molecule has 3 amide bonds. The second-order valence-corrected chi connectivity index (χ2v) is 4.19. The maximum atomic E-state index is 11.7. The summed E-state index contributed by atoms with van der Waals surface area (Å²) >= 11 is 0. The first-order valence-electron chi connectivity index (χ1n) is 5.98. The van der Waals surface area contributed by atoms with Crippen LogP contribution in [0.25, 0.3) is 0 Å². The standard InChI is InChI=1S/C12H16N4O2/c17-11(9-2-1-5-14-8-9)16-12(18)15-10-3-6-13-7-4-10/h1-2,5,8,10,13H,3-4,6-7H2,(H2,15,16,17,18). The molecule has 0 aliphatic carbocycles. The van der Waals surface area contributed by atoms with Gasteiger partial charge in [0.2, 0.25) is 0 Å². The number of hydrogen-bond acceptors (Lipinski definition) is 4. The zero-order valence-corrected chi connectivity index (χ0v) is 9.98. The van der Waals surface area contributed by atoms with Gasteiger partial charge >= 0.3 is 6.03 Å². The molecule has 0 radical (unpaired) electrons. The molecule has 0 aromatic carbocycles. The molecule has 1 aliphatic heterocycles. The molecule has 0 atom stereocenters. The fraction of sp³-hybridized carbons (Fsp3) is 0.417. The molecule has 1 aromatic rings. The number of piperidine rings is 1. The Morgan fingerprint density at radius 3 is 2.78 bits per heavy atom. The molecule has 0 bridgehead atoms. The van der Waals surface area contributed by atoms with Crippen LogP contribution in [-0.2, 0) is 0 Å². The largest absolute Gasteiger partial charge is 0.335 e. The van der Waals surface area contributed by atoms with Gasteiger partial charge in [0.15, 0.2) is 0 Å². The number of urea groups is 1. The van der Waals surface area contributed by atoms with Gasteiger partial charge in [-0.15, -0.1) is 0 Å². The van der Waals surface area contributed by atoms with Gasteiger partial charge in [-0.3, -0.25) is 15.1 Å². The van der Waals surface area contributed by atoms with E-state index in [1.807, 2.05) is 0 Å². The highest BCUT2D eigenvalue weighted by Gasteiger charge is 2.17. The lowest BCUT2D eigenvalue weighted by Crippen LogP contribution is -2.48. The Bertz CT molecular complexity index is 415. The van der Waals surface area contributed by atoms with Gasteiger partial charge in [0.05, 0.1) is 5.56 Å². The molecular weight excluding hydrogens is 232 g/mol. The highest BCUT2D eigenvalue weighted by Crippen LogP contribution is 2.01. The Morgan fingerprint density at radius 2 is 2.11 bits per heavy atom. The second-order valence-electron chi connectivity index (χ2n) is 4.19. The normalized spacial score (nSPS) is 16.0. The van der Waals surface area contributed by atoms with E-state index in [9.17, 15) is 9.59 Å². The molecule has 1 saturated heterocycles. The van der Waals surface area contributed by atoms with Crippen molar-refractivity contribution >= 4 is 11.9 Å². The van der Waals surface area contributed by atoms with Crippen LogP contribution >= 0.6 is 0 Å². The van der Waals surface area contributed by atoms with E-state index >= 15 is 0 Å². The van der Waals surface area contributed by atoms with Crippen LogP contribution < -0.4 is 16.0 Å². The fourth-order valence-corrected chi connectivity index (χ4v) is 1.86. The number of amides is 3. The van der Waals surface area contributed by atoms with Crippen molar-refractivity contribution in [1.82, 2.24) is 20.9 Å². The molecule has 96 valence electrons. The van der Waals surface area contributed by atoms with Crippen molar-refractivity contribution in [2.75, 3.05) is 13.1 Å². The average Bonchev–Trinajstić information content (AvgIpc) is 2.40. The van der Waals surface area contributed by atoms with E-state index in [0.717, 1.165) is 25.9 Å². The quantitative estimate of drug-likeness (QED) is 0.701. The molecule has 18 heavy (non-hydrogen) atoms. The Labute approximate surface area is 105 Å². The Kier molecular flexibility index (Phi) is 4.25. The third-order valence-electron chi connectivity index (χ3n) is 2.83. The van der Waals surface area contributed by atoms with E-state index in [1.54, 1.807) is 18.3 Å². The van der Waals surface area contributed by atoms with E-state index < -0.39 is 11.9 Å². The van der Waals surface area contributed by atoms with Gasteiger partial charge in [0.1, 0.15) is 0 Å². The van der Waals surface area contributed by atoms with Gasteiger partial charge in [-0.05, 0) is 38.1 Å². The summed E-state index contributed by atoms with van der Waals surface area (Å²) in [5.74, 6) is -0.436. The van der Waals surface area contributed by atoms with Crippen LogP contribution in [0.15, 0.2) is 24.5 Å². The number of aromatic nitrogens is 1. The number of carbonyl (C=O) groups is 2. The lowest BCUT2D eigenvalue weighted by molar-refractivity contribution is 0.0962. The Morgan fingerprint density at radius 1 is 1.33 bits per heavy atom. The molecule has 1 fully saturated rings. The van der Waals surface area contributed by atoms with E-state index in [1.165, 1.54) is 6.20 Å². The van der Waals surface area contributed by atoms with Crippen LogP contribution in [0, 0.1) is 0 Å². The lowest BCUT2D eigenvalue weighted by atomic mass is 10.1. The van der Waals surface area contributed by atoms with E-state index in [-0.39, 0.29) is 6.04 Å². The summed E-state index contributed by atoms with van der Waals surface area (Å²) in [5.41, 5.74) is 0.373. The SMILES string of the molecule is O=C(NC(=O)c1cccnc1)NC1CCNCC1. The van der Waals surface area contributed by atoms with Crippen molar-refractivity contribution in [3.05, 3.63) is 30.1 Å². The van der Waals surface area contributed by atoms with Crippen molar-refractivity contribution in [2.24, 2.45) is 0 Å². The molecule has 2 heterocycles. The fourth-order valence-electron chi connectivity index (χ4n) is 1.86. The summed E-state index contributed by atoms with van der Waals surface area (Å²) in [6.45, 7) is 1.78. The molecule has 1 aliphatic rings. The van der Waals surface area contributed by atoms with Crippen LogP contribution in [0.5, 0.6) is 0 Å². The third-order valence-corrected chi connectivity index (χ3v) is 2.83. The number of nitrogens with zero attached hydrogens (tertiary/aromatic N) is 1. The molecule has 0 spiro atoms. The summed E-state index contributed by atoms with van der Waals surface area (Å²) in [5, 5.41) is 8.29. The van der Waals surface area contributed by atoms with Gasteiger partial charge in [0, 0.05) is 18.4 Å². The number of carbonyl (C=O) groups excluding carboxylic acids is 2. The van der Waals surface area contributed by atoms with E-state index in [0.29, 0.717) is 5.56 Å². The minimum atomic E-state index is -0.448. The first kappa shape index (κ1) is 12.5. The van der Waals surface area contributed by atoms with Crippen LogP contribution in [-0.4, -0.2) is 36.1 Å². The van der Waals surface area contributed by atoms with Gasteiger partial charge in [0.25, 0.3) is 5.91 Å². The smallest absolute Gasteiger partial charge is 0.321 e. The first-order chi connectivity index (χ1) is 8.75. The summed E-state index contributed by atoms with van der Waals surface area (Å²) in [6, 6.07) is 2.95. The topological polar surface area (TPSA) is 83.1 Å². The number of hydrogen-bond donors (Lipinski definition) is 3. The summed E-state index contributed by atoms with van der Waals surface area (Å²) in [4.78, 5) is 27.1. The van der Waals surface area contributed by atoms with Gasteiger partial charge in [-0.25, -0.2) is 4.79 Å². The van der Waals surface area contributed by atoms with Crippen molar-refractivity contribution in [3.8, 4) is 0 Å².